The molecule has 2 rings (SSSR count). The second kappa shape index (κ2) is 6.94. The monoisotopic (exact) mass is 279 g/mol. The Labute approximate surface area is 117 Å². The van der Waals surface area contributed by atoms with Crippen molar-refractivity contribution in [3.05, 3.63) is 30.2 Å². The predicted octanol–water partition coefficient (Wildman–Crippen LogP) is 1.73. The first-order valence-corrected chi connectivity index (χ1v) is 6.73. The highest BCUT2D eigenvalue weighted by Gasteiger charge is 2.15. The summed E-state index contributed by atoms with van der Waals surface area (Å²) in [7, 11) is 0. The van der Waals surface area contributed by atoms with Gasteiger partial charge in [0.25, 0.3) is 5.91 Å². The highest BCUT2D eigenvalue weighted by atomic mass is 32.1. The number of hydrogen-bond donors (Lipinski definition) is 3. The lowest BCUT2D eigenvalue weighted by molar-refractivity contribution is -0.116. The molecule has 19 heavy (non-hydrogen) atoms. The van der Waals surface area contributed by atoms with Crippen LogP contribution in [0.3, 0.4) is 0 Å². The van der Waals surface area contributed by atoms with Gasteiger partial charge in [-0.05, 0) is 43.3 Å². The summed E-state index contributed by atoms with van der Waals surface area (Å²) in [6, 6.07) is 3.95. The molecule has 0 spiro atoms. The van der Waals surface area contributed by atoms with Gasteiger partial charge >= 0.3 is 0 Å². The average Bonchev–Trinajstić information content (AvgIpc) is 3.06. The van der Waals surface area contributed by atoms with Gasteiger partial charge in [0.15, 0.2) is 5.11 Å². The van der Waals surface area contributed by atoms with E-state index in [1.807, 2.05) is 0 Å². The Kier molecular flexibility index (Phi) is 4.97. The molecule has 1 fully saturated rings. The molecule has 0 aliphatic heterocycles. The predicted molar refractivity (Wildman–Crippen MR) is 77.0 cm³/mol. The van der Waals surface area contributed by atoms with Crippen LogP contribution >= 0.6 is 12.2 Å². The van der Waals surface area contributed by atoms with Gasteiger partial charge in [0.1, 0.15) is 5.76 Å². The van der Waals surface area contributed by atoms with E-state index in [2.05, 4.69) is 16.2 Å². The quantitative estimate of drug-likeness (QED) is 0.447. The first-order valence-electron chi connectivity index (χ1n) is 6.32. The lowest BCUT2D eigenvalue weighted by atomic mass is 10.3. The minimum Gasteiger partial charge on any atom is -0.465 e. The maximum atomic E-state index is 11.5. The third kappa shape index (κ3) is 4.75. The highest BCUT2D eigenvalue weighted by Crippen LogP contribution is 2.17. The van der Waals surface area contributed by atoms with Crippen molar-refractivity contribution >= 4 is 29.3 Å². The van der Waals surface area contributed by atoms with Gasteiger partial charge < -0.3 is 9.73 Å². The van der Waals surface area contributed by atoms with Crippen LogP contribution in [0.5, 0.6) is 0 Å². The fourth-order valence-electron chi connectivity index (χ4n) is 2.00. The molecule has 3 N–H and O–H groups in total. The van der Waals surface area contributed by atoms with Crippen molar-refractivity contribution in [3.8, 4) is 0 Å². The number of thiocarbonyl (C=S) groups is 1. The van der Waals surface area contributed by atoms with E-state index in [4.69, 9.17) is 16.6 Å². The summed E-state index contributed by atoms with van der Waals surface area (Å²) in [6.45, 7) is 0. The minimum atomic E-state index is -0.285. The van der Waals surface area contributed by atoms with Crippen LogP contribution < -0.4 is 16.2 Å². The SMILES string of the molecule is O=C(/C=C/c1ccco1)NNC(=S)NC1CCCC1. The Morgan fingerprint density at radius 3 is 2.84 bits per heavy atom. The van der Waals surface area contributed by atoms with E-state index in [1.165, 1.54) is 18.9 Å². The molecule has 1 aromatic rings. The summed E-state index contributed by atoms with van der Waals surface area (Å²) >= 11 is 5.09. The van der Waals surface area contributed by atoms with Crippen LogP contribution in [0.4, 0.5) is 0 Å². The molecule has 102 valence electrons. The smallest absolute Gasteiger partial charge is 0.262 e. The Balaban J connectivity index is 1.66. The number of furan rings is 1. The standard InChI is InChI=1S/C13H17N3O2S/c17-12(8-7-11-6-3-9-18-11)15-16-13(19)14-10-4-1-2-5-10/h3,6-10H,1-2,4-5H2,(H,15,17)(H2,14,16,19)/b8-7+. The first kappa shape index (κ1) is 13.6. The molecule has 0 radical (unpaired) electrons. The molecule has 1 heterocycles. The summed E-state index contributed by atoms with van der Waals surface area (Å²) < 4.78 is 5.07. The van der Waals surface area contributed by atoms with Gasteiger partial charge in [0, 0.05) is 12.1 Å². The maximum absolute atomic E-state index is 11.5. The number of amides is 1. The maximum Gasteiger partial charge on any atom is 0.262 e. The van der Waals surface area contributed by atoms with Crippen molar-refractivity contribution in [3.63, 3.8) is 0 Å². The number of nitrogens with one attached hydrogen (secondary N) is 3. The molecule has 0 saturated heterocycles. The molecule has 1 aliphatic rings. The normalized spacial score (nSPS) is 15.6. The largest absolute Gasteiger partial charge is 0.465 e. The Morgan fingerprint density at radius 2 is 2.16 bits per heavy atom. The van der Waals surface area contributed by atoms with E-state index >= 15 is 0 Å². The molecule has 1 aromatic heterocycles. The van der Waals surface area contributed by atoms with E-state index in [0.29, 0.717) is 16.9 Å². The van der Waals surface area contributed by atoms with E-state index in [0.717, 1.165) is 12.8 Å². The van der Waals surface area contributed by atoms with E-state index < -0.39 is 0 Å². The molecule has 0 aromatic carbocycles. The molecule has 6 heteroatoms. The average molecular weight is 279 g/mol. The lowest BCUT2D eigenvalue weighted by Gasteiger charge is -2.15. The summed E-state index contributed by atoms with van der Waals surface area (Å²) in [5, 5.41) is 3.62. The fraction of sp³-hybridized carbons (Fsp3) is 0.385. The van der Waals surface area contributed by atoms with Crippen LogP contribution in [0, 0.1) is 0 Å². The van der Waals surface area contributed by atoms with E-state index in [9.17, 15) is 4.79 Å². The number of rotatable bonds is 3. The van der Waals surface area contributed by atoms with E-state index in [1.54, 1.807) is 24.5 Å². The van der Waals surface area contributed by atoms with Crippen molar-refractivity contribution in [2.75, 3.05) is 0 Å². The highest BCUT2D eigenvalue weighted by molar-refractivity contribution is 7.80. The van der Waals surface area contributed by atoms with Gasteiger partial charge in [-0.2, -0.15) is 0 Å². The molecular formula is C13H17N3O2S. The molecule has 5 nitrogen and oxygen atoms in total. The van der Waals surface area contributed by atoms with Gasteiger partial charge in [0.05, 0.1) is 6.26 Å². The first-order chi connectivity index (χ1) is 9.24. The zero-order chi connectivity index (χ0) is 13.5. The minimum absolute atomic E-state index is 0.285. The van der Waals surface area contributed by atoms with Crippen molar-refractivity contribution in [2.45, 2.75) is 31.7 Å². The zero-order valence-corrected chi connectivity index (χ0v) is 11.3. The molecular weight excluding hydrogens is 262 g/mol. The van der Waals surface area contributed by atoms with Crippen LogP contribution in [0.25, 0.3) is 6.08 Å². The summed E-state index contributed by atoms with van der Waals surface area (Å²) in [4.78, 5) is 11.5. The van der Waals surface area contributed by atoms with Crippen molar-refractivity contribution in [1.29, 1.82) is 0 Å². The van der Waals surface area contributed by atoms with Crippen molar-refractivity contribution in [1.82, 2.24) is 16.2 Å². The topological polar surface area (TPSA) is 66.3 Å². The van der Waals surface area contributed by atoms with Crippen LogP contribution in [-0.2, 0) is 4.79 Å². The molecule has 1 aliphatic carbocycles. The van der Waals surface area contributed by atoms with E-state index in [-0.39, 0.29) is 5.91 Å². The third-order valence-electron chi connectivity index (χ3n) is 2.93. The molecule has 0 unspecified atom stereocenters. The van der Waals surface area contributed by atoms with Gasteiger partial charge in [-0.25, -0.2) is 0 Å². The third-order valence-corrected chi connectivity index (χ3v) is 3.15. The van der Waals surface area contributed by atoms with Crippen molar-refractivity contribution in [2.24, 2.45) is 0 Å². The van der Waals surface area contributed by atoms with Crippen LogP contribution in [0.2, 0.25) is 0 Å². The lowest BCUT2D eigenvalue weighted by Crippen LogP contribution is -2.48. The van der Waals surface area contributed by atoms with Gasteiger partial charge in [-0.3, -0.25) is 15.6 Å². The molecule has 1 amide bonds. The molecule has 0 bridgehead atoms. The van der Waals surface area contributed by atoms with Gasteiger partial charge in [-0.15, -0.1) is 0 Å². The zero-order valence-electron chi connectivity index (χ0n) is 10.5. The molecule has 0 atom stereocenters. The second-order valence-electron chi connectivity index (χ2n) is 4.42. The summed E-state index contributed by atoms with van der Waals surface area (Å²) in [5.74, 6) is 0.341. The van der Waals surface area contributed by atoms with Crippen LogP contribution in [-0.4, -0.2) is 17.1 Å². The number of hydrazine groups is 1. The van der Waals surface area contributed by atoms with Crippen LogP contribution in [0.15, 0.2) is 28.9 Å². The van der Waals surface area contributed by atoms with Crippen LogP contribution in [0.1, 0.15) is 31.4 Å². The Bertz CT molecular complexity index is 450. The summed E-state index contributed by atoms with van der Waals surface area (Å²) in [5.41, 5.74) is 5.18. The molecule has 1 saturated carbocycles. The Hall–Kier alpha value is -1.82. The second-order valence-corrected chi connectivity index (χ2v) is 4.83. The van der Waals surface area contributed by atoms with Gasteiger partial charge in [-0.1, -0.05) is 12.8 Å². The fourth-order valence-corrected chi connectivity index (χ4v) is 2.21. The number of hydrogen-bond acceptors (Lipinski definition) is 3. The summed E-state index contributed by atoms with van der Waals surface area (Å²) in [6.07, 6.45) is 9.25. The van der Waals surface area contributed by atoms with Gasteiger partial charge in [0.2, 0.25) is 0 Å². The Morgan fingerprint density at radius 1 is 1.37 bits per heavy atom. The number of carbonyl (C=O) groups excluding carboxylic acids is 1. The van der Waals surface area contributed by atoms with Crippen molar-refractivity contribution < 1.29 is 9.21 Å². The number of carbonyl (C=O) groups is 1.